The highest BCUT2D eigenvalue weighted by molar-refractivity contribution is 6.32. The Bertz CT molecular complexity index is 1220. The minimum atomic E-state index is -0.884. The van der Waals surface area contributed by atoms with Crippen molar-refractivity contribution in [2.45, 2.75) is 13.5 Å². The van der Waals surface area contributed by atoms with Crippen molar-refractivity contribution >= 4 is 45.6 Å². The van der Waals surface area contributed by atoms with Crippen molar-refractivity contribution in [3.05, 3.63) is 73.6 Å². The lowest BCUT2D eigenvalue weighted by molar-refractivity contribution is -0.384. The SMILES string of the molecule is CCn1nc(C(=O)OCC(=O)Nc2ccc(Cl)c([N+](=O)[O-])c2)c2ccccc2c1=O. The molecule has 3 rings (SSSR count). The van der Waals surface area contributed by atoms with Gasteiger partial charge in [-0.3, -0.25) is 19.7 Å². The molecule has 1 N–H and O–H groups in total. The fraction of sp³-hybridized carbons (Fsp3) is 0.158. The summed E-state index contributed by atoms with van der Waals surface area (Å²) in [4.78, 5) is 47.2. The summed E-state index contributed by atoms with van der Waals surface area (Å²) in [5, 5.41) is 17.9. The minimum Gasteiger partial charge on any atom is -0.451 e. The van der Waals surface area contributed by atoms with E-state index in [1.807, 2.05) is 0 Å². The molecule has 30 heavy (non-hydrogen) atoms. The Morgan fingerprint density at radius 3 is 2.60 bits per heavy atom. The predicted octanol–water partition coefficient (Wildman–Crippen LogP) is 2.77. The van der Waals surface area contributed by atoms with Crippen LogP contribution >= 0.6 is 11.6 Å². The van der Waals surface area contributed by atoms with Gasteiger partial charge in [-0.05, 0) is 25.1 Å². The summed E-state index contributed by atoms with van der Waals surface area (Å²) in [5.74, 6) is -1.60. The maximum absolute atomic E-state index is 12.5. The third kappa shape index (κ3) is 4.28. The monoisotopic (exact) mass is 430 g/mol. The van der Waals surface area contributed by atoms with Gasteiger partial charge in [0, 0.05) is 23.7 Å². The first kappa shape index (κ1) is 20.9. The van der Waals surface area contributed by atoms with Gasteiger partial charge in [-0.1, -0.05) is 29.8 Å². The zero-order valence-corrected chi connectivity index (χ0v) is 16.4. The smallest absolute Gasteiger partial charge is 0.359 e. The van der Waals surface area contributed by atoms with Crippen LogP contribution in [-0.4, -0.2) is 33.2 Å². The lowest BCUT2D eigenvalue weighted by atomic mass is 10.1. The molecule has 11 heteroatoms. The Morgan fingerprint density at radius 1 is 1.23 bits per heavy atom. The summed E-state index contributed by atoms with van der Waals surface area (Å²) in [7, 11) is 0. The van der Waals surface area contributed by atoms with Crippen LogP contribution in [0.15, 0.2) is 47.3 Å². The largest absolute Gasteiger partial charge is 0.451 e. The Hall–Kier alpha value is -3.79. The van der Waals surface area contributed by atoms with E-state index in [4.69, 9.17) is 16.3 Å². The molecular weight excluding hydrogens is 416 g/mol. The van der Waals surface area contributed by atoms with Gasteiger partial charge in [0.2, 0.25) is 0 Å². The van der Waals surface area contributed by atoms with Crippen LogP contribution in [0.5, 0.6) is 0 Å². The van der Waals surface area contributed by atoms with Crippen molar-refractivity contribution in [1.29, 1.82) is 0 Å². The molecule has 3 aromatic rings. The highest BCUT2D eigenvalue weighted by Gasteiger charge is 2.19. The molecule has 0 spiro atoms. The number of hydrogen-bond acceptors (Lipinski definition) is 7. The lowest BCUT2D eigenvalue weighted by Crippen LogP contribution is -2.27. The van der Waals surface area contributed by atoms with Crippen LogP contribution in [-0.2, 0) is 16.1 Å². The first-order chi connectivity index (χ1) is 14.3. The first-order valence-corrected chi connectivity index (χ1v) is 9.10. The van der Waals surface area contributed by atoms with E-state index in [-0.39, 0.29) is 34.2 Å². The van der Waals surface area contributed by atoms with E-state index in [1.165, 1.54) is 12.1 Å². The average Bonchev–Trinajstić information content (AvgIpc) is 2.73. The molecule has 0 radical (unpaired) electrons. The number of fused-ring (bicyclic) bond motifs is 1. The van der Waals surface area contributed by atoms with Gasteiger partial charge in [-0.2, -0.15) is 5.10 Å². The van der Waals surface area contributed by atoms with E-state index in [9.17, 15) is 24.5 Å². The van der Waals surface area contributed by atoms with Crippen molar-refractivity contribution in [1.82, 2.24) is 9.78 Å². The maximum Gasteiger partial charge on any atom is 0.359 e. The number of nitro groups is 1. The van der Waals surface area contributed by atoms with Gasteiger partial charge >= 0.3 is 5.97 Å². The van der Waals surface area contributed by atoms with Crippen molar-refractivity contribution in [3.8, 4) is 0 Å². The van der Waals surface area contributed by atoms with Gasteiger partial charge in [0.15, 0.2) is 12.3 Å². The number of rotatable bonds is 6. The van der Waals surface area contributed by atoms with Crippen LogP contribution in [0.2, 0.25) is 5.02 Å². The van der Waals surface area contributed by atoms with Gasteiger partial charge in [0.25, 0.3) is 17.2 Å². The van der Waals surface area contributed by atoms with Crippen LogP contribution in [0.3, 0.4) is 0 Å². The van der Waals surface area contributed by atoms with Crippen molar-refractivity contribution in [2.24, 2.45) is 0 Å². The maximum atomic E-state index is 12.5. The molecule has 1 heterocycles. The van der Waals surface area contributed by atoms with Gasteiger partial charge in [-0.25, -0.2) is 9.48 Å². The first-order valence-electron chi connectivity index (χ1n) is 8.72. The number of anilines is 1. The van der Waals surface area contributed by atoms with Gasteiger partial charge in [0.05, 0.1) is 10.3 Å². The molecule has 0 fully saturated rings. The van der Waals surface area contributed by atoms with Crippen LogP contribution in [0.4, 0.5) is 11.4 Å². The molecule has 0 saturated carbocycles. The van der Waals surface area contributed by atoms with E-state index in [2.05, 4.69) is 10.4 Å². The molecule has 0 saturated heterocycles. The Kier molecular flexibility index (Phi) is 6.07. The molecule has 1 amide bonds. The molecule has 154 valence electrons. The number of carbonyl (C=O) groups is 2. The molecule has 1 aromatic heterocycles. The Labute approximate surface area is 174 Å². The summed E-state index contributed by atoms with van der Waals surface area (Å²) < 4.78 is 6.15. The molecule has 0 aliphatic carbocycles. The average molecular weight is 431 g/mol. The highest BCUT2D eigenvalue weighted by Crippen LogP contribution is 2.27. The fourth-order valence-electron chi connectivity index (χ4n) is 2.73. The molecular formula is C19H15ClN4O6. The van der Waals surface area contributed by atoms with Crippen LogP contribution in [0.1, 0.15) is 17.4 Å². The van der Waals surface area contributed by atoms with Crippen molar-refractivity contribution < 1.29 is 19.2 Å². The second-order valence-electron chi connectivity index (χ2n) is 6.06. The molecule has 10 nitrogen and oxygen atoms in total. The second kappa shape index (κ2) is 8.70. The molecule has 0 atom stereocenters. The molecule has 0 aliphatic rings. The van der Waals surface area contributed by atoms with Crippen LogP contribution in [0, 0.1) is 10.1 Å². The molecule has 2 aromatic carbocycles. The van der Waals surface area contributed by atoms with Crippen LogP contribution < -0.4 is 10.9 Å². The quantitative estimate of drug-likeness (QED) is 0.361. The van der Waals surface area contributed by atoms with Gasteiger partial charge in [0.1, 0.15) is 5.02 Å². The van der Waals surface area contributed by atoms with E-state index >= 15 is 0 Å². The van der Waals surface area contributed by atoms with E-state index in [0.29, 0.717) is 10.8 Å². The van der Waals surface area contributed by atoms with Crippen LogP contribution in [0.25, 0.3) is 10.8 Å². The zero-order valence-electron chi connectivity index (χ0n) is 15.6. The number of amides is 1. The number of halogens is 1. The third-order valence-electron chi connectivity index (χ3n) is 4.12. The predicted molar refractivity (Wildman–Crippen MR) is 109 cm³/mol. The van der Waals surface area contributed by atoms with Gasteiger partial charge < -0.3 is 10.1 Å². The number of nitrogens with one attached hydrogen (secondary N) is 1. The number of nitro benzene ring substituents is 1. The summed E-state index contributed by atoms with van der Waals surface area (Å²) in [6.07, 6.45) is 0. The standard InChI is InChI=1S/C19H15ClN4O6/c1-2-23-18(26)13-6-4-3-5-12(13)17(22-23)19(27)30-10-16(25)21-11-7-8-14(20)15(9-11)24(28)29/h3-9H,2,10H2,1H3,(H,21,25). The lowest BCUT2D eigenvalue weighted by Gasteiger charge is -2.10. The third-order valence-corrected chi connectivity index (χ3v) is 4.44. The Balaban J connectivity index is 1.76. The normalized spacial score (nSPS) is 10.6. The number of aromatic nitrogens is 2. The molecule has 0 unspecified atom stereocenters. The fourth-order valence-corrected chi connectivity index (χ4v) is 2.91. The summed E-state index contributed by atoms with van der Waals surface area (Å²) in [6.45, 7) is 1.30. The zero-order chi connectivity index (χ0) is 21.8. The van der Waals surface area contributed by atoms with E-state index < -0.39 is 23.4 Å². The molecule has 0 aliphatic heterocycles. The van der Waals surface area contributed by atoms with Crippen molar-refractivity contribution in [3.63, 3.8) is 0 Å². The number of benzene rings is 2. The number of esters is 1. The van der Waals surface area contributed by atoms with E-state index in [1.54, 1.807) is 31.2 Å². The van der Waals surface area contributed by atoms with Crippen molar-refractivity contribution in [2.75, 3.05) is 11.9 Å². The topological polar surface area (TPSA) is 133 Å². The Morgan fingerprint density at radius 2 is 1.93 bits per heavy atom. The summed E-state index contributed by atoms with van der Waals surface area (Å²) in [6, 6.07) is 10.2. The molecule has 0 bridgehead atoms. The van der Waals surface area contributed by atoms with E-state index in [0.717, 1.165) is 10.7 Å². The number of carbonyl (C=O) groups excluding carboxylic acids is 2. The number of aryl methyl sites for hydroxylation is 1. The number of nitrogens with zero attached hydrogens (tertiary/aromatic N) is 3. The van der Waals surface area contributed by atoms with Gasteiger partial charge in [-0.15, -0.1) is 0 Å². The number of hydrogen-bond donors (Lipinski definition) is 1. The second-order valence-corrected chi connectivity index (χ2v) is 6.47. The summed E-state index contributed by atoms with van der Waals surface area (Å²) in [5.41, 5.74) is -0.687. The summed E-state index contributed by atoms with van der Waals surface area (Å²) >= 11 is 5.73. The highest BCUT2D eigenvalue weighted by atomic mass is 35.5. The number of ether oxygens (including phenoxy) is 1. The minimum absolute atomic E-state index is 0.0755.